The van der Waals surface area contributed by atoms with Crippen molar-refractivity contribution in [1.29, 1.82) is 0 Å². The van der Waals surface area contributed by atoms with Gasteiger partial charge in [0, 0.05) is 5.56 Å². The third kappa shape index (κ3) is 8.30. The van der Waals surface area contributed by atoms with Crippen LogP contribution in [0, 0.1) is 12.7 Å². The van der Waals surface area contributed by atoms with E-state index in [4.69, 9.17) is 0 Å². The van der Waals surface area contributed by atoms with Crippen molar-refractivity contribution < 1.29 is 46.4 Å². The van der Waals surface area contributed by atoms with Gasteiger partial charge in [-0.25, -0.2) is 12.8 Å². The van der Waals surface area contributed by atoms with Crippen LogP contribution < -0.4 is 33.6 Å². The average molecular weight is 613 g/mol. The van der Waals surface area contributed by atoms with Crippen molar-refractivity contribution in [2.75, 3.05) is 16.3 Å². The predicted molar refractivity (Wildman–Crippen MR) is 162 cm³/mol. The molecule has 0 unspecified atom stereocenters. The number of para-hydroxylation sites is 1. The molecule has 1 N–H and O–H groups in total. The predicted octanol–water partition coefficient (Wildman–Crippen LogP) is 1.80. The molecule has 0 aliphatic rings. The van der Waals surface area contributed by atoms with Gasteiger partial charge >= 0.3 is 18.9 Å². The molecule has 0 aromatic heterocycles. The van der Waals surface area contributed by atoms with Crippen LogP contribution in [0.25, 0.3) is 11.1 Å². The molecular formula is C32H30FLiN2O5S2. The van der Waals surface area contributed by atoms with Crippen LogP contribution in [-0.2, 0) is 21.4 Å². The monoisotopic (exact) mass is 612 g/mol. The summed E-state index contributed by atoms with van der Waals surface area (Å²) in [4.78, 5) is 25.0. The molecular weight excluding hydrogens is 582 g/mol. The van der Waals surface area contributed by atoms with Crippen LogP contribution in [0.4, 0.5) is 10.1 Å². The van der Waals surface area contributed by atoms with Crippen LogP contribution in [0.1, 0.15) is 27.9 Å². The van der Waals surface area contributed by atoms with Gasteiger partial charge in [0.2, 0.25) is 0 Å². The molecule has 0 bridgehead atoms. The van der Waals surface area contributed by atoms with Gasteiger partial charge in [0.05, 0.1) is 29.1 Å². The fraction of sp³-hybridized carbons (Fsp3) is 0.188. The summed E-state index contributed by atoms with van der Waals surface area (Å²) < 4.78 is 42.4. The summed E-state index contributed by atoms with van der Waals surface area (Å²) in [7, 11) is -4.10. The number of hydrogen-bond acceptors (Lipinski definition) is 6. The molecule has 0 saturated carbocycles. The van der Waals surface area contributed by atoms with E-state index in [0.29, 0.717) is 22.6 Å². The number of anilines is 1. The molecule has 0 heterocycles. The number of aliphatic carboxylic acids is 1. The molecule has 4 aromatic carbocycles. The van der Waals surface area contributed by atoms with Gasteiger partial charge in [-0.1, -0.05) is 48.5 Å². The Bertz CT molecular complexity index is 1670. The molecule has 4 rings (SSSR count). The number of thioether (sulfide) groups is 1. The second-order valence-corrected chi connectivity index (χ2v) is 12.5. The summed E-state index contributed by atoms with van der Waals surface area (Å²) >= 11 is 1.46. The molecule has 1 atom stereocenters. The van der Waals surface area contributed by atoms with E-state index >= 15 is 0 Å². The Hall–Kier alpha value is -3.55. The molecule has 0 spiro atoms. The van der Waals surface area contributed by atoms with Gasteiger partial charge in [0.25, 0.3) is 15.9 Å². The summed E-state index contributed by atoms with van der Waals surface area (Å²) in [5, 5.41) is 14.3. The van der Waals surface area contributed by atoms with E-state index in [0.717, 1.165) is 23.3 Å². The maximum Gasteiger partial charge on any atom is 1.00 e. The zero-order valence-electron chi connectivity index (χ0n) is 24.1. The smallest absolute Gasteiger partial charge is 0.548 e. The topological polar surface area (TPSA) is 107 Å². The number of amides is 1. The Morgan fingerprint density at radius 3 is 2.21 bits per heavy atom. The minimum atomic E-state index is -4.10. The quantitative estimate of drug-likeness (QED) is 0.245. The van der Waals surface area contributed by atoms with E-state index in [9.17, 15) is 27.5 Å². The number of carboxylic acid groups (broad SMARTS) is 1. The first-order valence-electron chi connectivity index (χ1n) is 13.1. The minimum Gasteiger partial charge on any atom is -0.548 e. The maximum atomic E-state index is 13.8. The Labute approximate surface area is 267 Å². The van der Waals surface area contributed by atoms with Crippen molar-refractivity contribution >= 4 is 39.3 Å². The van der Waals surface area contributed by atoms with Crippen LogP contribution in [0.3, 0.4) is 0 Å². The van der Waals surface area contributed by atoms with E-state index in [1.165, 1.54) is 28.2 Å². The molecule has 0 saturated heterocycles. The molecule has 0 fully saturated rings. The fourth-order valence-electron chi connectivity index (χ4n) is 4.52. The van der Waals surface area contributed by atoms with Crippen molar-refractivity contribution in [3.8, 4) is 11.1 Å². The number of benzene rings is 4. The number of rotatable bonds is 12. The van der Waals surface area contributed by atoms with Gasteiger partial charge in [0.15, 0.2) is 0 Å². The second kappa shape index (κ2) is 15.3. The molecule has 0 aliphatic heterocycles. The summed E-state index contributed by atoms with van der Waals surface area (Å²) in [6.07, 6.45) is 2.05. The number of carbonyl (C=O) groups is 2. The van der Waals surface area contributed by atoms with E-state index in [-0.39, 0.29) is 42.3 Å². The average Bonchev–Trinajstić information content (AvgIpc) is 2.98. The Kier molecular flexibility index (Phi) is 12.0. The number of nitrogens with one attached hydrogen (secondary N) is 1. The maximum absolute atomic E-state index is 13.8. The molecule has 0 aliphatic carbocycles. The Balaban J connectivity index is 0.00000506. The van der Waals surface area contributed by atoms with Crippen molar-refractivity contribution in [3.05, 3.63) is 120 Å². The van der Waals surface area contributed by atoms with Gasteiger partial charge in [-0.2, -0.15) is 11.8 Å². The molecule has 43 heavy (non-hydrogen) atoms. The number of nitrogens with zero attached hydrogens (tertiary/aromatic N) is 1. The first-order chi connectivity index (χ1) is 20.1. The van der Waals surface area contributed by atoms with Gasteiger partial charge in [-0.15, -0.1) is 0 Å². The van der Waals surface area contributed by atoms with Gasteiger partial charge in [0.1, 0.15) is 5.82 Å². The number of sulfonamides is 1. The number of carbonyl (C=O) groups excluding carboxylic acids is 2. The number of halogens is 1. The van der Waals surface area contributed by atoms with Crippen molar-refractivity contribution in [2.45, 2.75) is 30.8 Å². The molecule has 1 amide bonds. The summed E-state index contributed by atoms with van der Waals surface area (Å²) in [6.45, 7) is 1.81. The molecule has 7 nitrogen and oxygen atoms in total. The Morgan fingerprint density at radius 1 is 0.930 bits per heavy atom. The standard InChI is InChI=1S/C32H31FN2O5S2.Li/c1-22-8-6-7-11-27(22)29-20-23(12-17-28(29)31(36)34-30(32(37)38)18-19-41-2)21-35(25-9-4-3-5-10-25)42(39,40)26-15-13-24(33)14-16-26;/h3-17,20,30H,18-19,21H2,1-2H3,(H,34,36)(H,37,38);/q;+1/p-1/t30-;/m0./s1. The summed E-state index contributed by atoms with van der Waals surface area (Å²) in [5.74, 6) is -1.96. The van der Waals surface area contributed by atoms with Crippen molar-refractivity contribution in [3.63, 3.8) is 0 Å². The van der Waals surface area contributed by atoms with Crippen LogP contribution in [0.5, 0.6) is 0 Å². The van der Waals surface area contributed by atoms with Gasteiger partial charge in [-0.3, -0.25) is 9.10 Å². The van der Waals surface area contributed by atoms with Crippen LogP contribution in [0.15, 0.2) is 102 Å². The summed E-state index contributed by atoms with van der Waals surface area (Å²) in [5.41, 5.74) is 3.38. The van der Waals surface area contributed by atoms with E-state index in [1.54, 1.807) is 48.5 Å². The van der Waals surface area contributed by atoms with Crippen LogP contribution in [-0.4, -0.2) is 38.3 Å². The molecule has 0 radical (unpaired) electrons. The summed E-state index contributed by atoms with van der Waals surface area (Å²) in [6, 6.07) is 24.4. The Morgan fingerprint density at radius 2 is 1.58 bits per heavy atom. The molecule has 218 valence electrons. The van der Waals surface area contributed by atoms with Crippen LogP contribution in [0.2, 0.25) is 0 Å². The first-order valence-corrected chi connectivity index (χ1v) is 16.0. The van der Waals surface area contributed by atoms with Gasteiger partial charge in [-0.05, 0) is 96.1 Å². The zero-order chi connectivity index (χ0) is 30.3. The third-order valence-corrected chi connectivity index (χ3v) is 9.17. The number of aryl methyl sites for hydroxylation is 1. The second-order valence-electron chi connectivity index (χ2n) is 9.62. The van der Waals surface area contributed by atoms with Crippen molar-refractivity contribution in [2.24, 2.45) is 0 Å². The fourth-order valence-corrected chi connectivity index (χ4v) is 6.44. The van der Waals surface area contributed by atoms with Crippen molar-refractivity contribution in [1.82, 2.24) is 5.32 Å². The number of carboxylic acids is 1. The molecule has 11 heteroatoms. The van der Waals surface area contributed by atoms with E-state index < -0.39 is 33.8 Å². The SMILES string of the molecule is CSCC[C@H](NC(=O)c1ccc(CN(c2ccccc2)S(=O)(=O)c2ccc(F)cc2)cc1-c1ccccc1C)C(=O)[O-].[Li+]. The zero-order valence-corrected chi connectivity index (χ0v) is 25.8. The largest absolute Gasteiger partial charge is 1.00 e. The molecule has 4 aromatic rings. The third-order valence-electron chi connectivity index (χ3n) is 6.74. The minimum absolute atomic E-state index is 0. The normalized spacial score (nSPS) is 11.7. The van der Waals surface area contributed by atoms with Crippen LogP contribution >= 0.6 is 11.8 Å². The van der Waals surface area contributed by atoms with E-state index in [1.807, 2.05) is 37.4 Å². The van der Waals surface area contributed by atoms with Gasteiger partial charge < -0.3 is 15.2 Å². The first kappa shape index (κ1) is 33.9. The van der Waals surface area contributed by atoms with E-state index in [2.05, 4.69) is 5.32 Å². The number of hydrogen-bond donors (Lipinski definition) is 1.